The quantitative estimate of drug-likeness (QED) is 0.933. The molecule has 1 N–H and O–H groups in total. The lowest BCUT2D eigenvalue weighted by atomic mass is 10.1. The maximum Gasteiger partial charge on any atom is 0.111 e. The molecule has 1 aromatic carbocycles. The van der Waals surface area contributed by atoms with E-state index in [1.165, 1.54) is 11.5 Å². The Morgan fingerprint density at radius 1 is 1.35 bits per heavy atom. The first kappa shape index (κ1) is 12.8. The van der Waals surface area contributed by atoms with E-state index in [0.717, 1.165) is 29.2 Å². The fraction of sp³-hybridized carbons (Fsp3) is 0.273. The molecule has 17 heavy (non-hydrogen) atoms. The van der Waals surface area contributed by atoms with E-state index in [4.69, 9.17) is 23.2 Å². The minimum absolute atomic E-state index is 0.600. The maximum absolute atomic E-state index is 6.16. The summed E-state index contributed by atoms with van der Waals surface area (Å²) in [6, 6.07) is 5.39. The van der Waals surface area contributed by atoms with E-state index in [1.807, 2.05) is 6.07 Å². The highest BCUT2D eigenvalue weighted by Crippen LogP contribution is 2.32. The Balaban J connectivity index is 2.35. The van der Waals surface area contributed by atoms with Crippen molar-refractivity contribution >= 4 is 34.7 Å². The van der Waals surface area contributed by atoms with Gasteiger partial charge in [-0.1, -0.05) is 34.6 Å². The van der Waals surface area contributed by atoms with E-state index < -0.39 is 0 Å². The number of benzene rings is 1. The summed E-state index contributed by atoms with van der Waals surface area (Å²) in [7, 11) is 0. The Labute approximate surface area is 114 Å². The maximum atomic E-state index is 6.16. The van der Waals surface area contributed by atoms with Crippen molar-refractivity contribution < 1.29 is 0 Å². The summed E-state index contributed by atoms with van der Waals surface area (Å²) >= 11 is 13.4. The topological polar surface area (TPSA) is 37.8 Å². The van der Waals surface area contributed by atoms with Crippen LogP contribution in [0.2, 0.25) is 10.0 Å². The van der Waals surface area contributed by atoms with Crippen LogP contribution in [0.1, 0.15) is 11.8 Å². The molecule has 0 aliphatic rings. The number of nitrogens with zero attached hydrogens (tertiary/aromatic N) is 2. The predicted molar refractivity (Wildman–Crippen MR) is 72.7 cm³/mol. The second kappa shape index (κ2) is 5.78. The van der Waals surface area contributed by atoms with Gasteiger partial charge in [-0.05, 0) is 36.3 Å². The minimum Gasteiger partial charge on any atom is -0.312 e. The van der Waals surface area contributed by atoms with Crippen LogP contribution in [0.15, 0.2) is 18.2 Å². The lowest BCUT2D eigenvalue weighted by Gasteiger charge is -2.04. The summed E-state index contributed by atoms with van der Waals surface area (Å²) in [5.74, 6) is 0. The van der Waals surface area contributed by atoms with Gasteiger partial charge in [0.2, 0.25) is 0 Å². The van der Waals surface area contributed by atoms with Gasteiger partial charge >= 0.3 is 0 Å². The van der Waals surface area contributed by atoms with Gasteiger partial charge in [0.25, 0.3) is 0 Å². The third kappa shape index (κ3) is 2.96. The van der Waals surface area contributed by atoms with Crippen molar-refractivity contribution in [1.29, 1.82) is 0 Å². The largest absolute Gasteiger partial charge is 0.312 e. The number of aromatic nitrogens is 2. The van der Waals surface area contributed by atoms with Crippen LogP contribution in [0.5, 0.6) is 0 Å². The van der Waals surface area contributed by atoms with Gasteiger partial charge < -0.3 is 5.32 Å². The number of hydrogen-bond donors (Lipinski definition) is 1. The molecule has 90 valence electrons. The van der Waals surface area contributed by atoms with Gasteiger partial charge in [0.05, 0.1) is 9.90 Å². The molecule has 0 saturated heterocycles. The van der Waals surface area contributed by atoms with Crippen molar-refractivity contribution in [3.8, 4) is 11.3 Å². The van der Waals surface area contributed by atoms with E-state index in [9.17, 15) is 0 Å². The second-order valence-electron chi connectivity index (χ2n) is 3.45. The van der Waals surface area contributed by atoms with Crippen LogP contribution in [0.4, 0.5) is 0 Å². The second-order valence-corrected chi connectivity index (χ2v) is 5.13. The third-order valence-electron chi connectivity index (χ3n) is 2.28. The molecule has 1 heterocycles. The standard InChI is InChI=1S/C11H11Cl2N3S/c1-2-14-6-10-11(15-16-17-10)8-4-3-7(12)5-9(8)13/h3-5,14H,2,6H2,1H3. The number of hydrogen-bond acceptors (Lipinski definition) is 4. The van der Waals surface area contributed by atoms with Crippen LogP contribution < -0.4 is 5.32 Å². The number of halogens is 2. The van der Waals surface area contributed by atoms with Crippen LogP contribution in [0.3, 0.4) is 0 Å². The Kier molecular flexibility index (Phi) is 4.34. The average Bonchev–Trinajstić information content (AvgIpc) is 2.74. The smallest absolute Gasteiger partial charge is 0.111 e. The molecule has 0 bridgehead atoms. The molecule has 0 aliphatic carbocycles. The highest BCUT2D eigenvalue weighted by molar-refractivity contribution is 7.06. The molecule has 0 aliphatic heterocycles. The summed E-state index contributed by atoms with van der Waals surface area (Å²) in [4.78, 5) is 1.08. The summed E-state index contributed by atoms with van der Waals surface area (Å²) in [5.41, 5.74) is 1.70. The minimum atomic E-state index is 0.600. The lowest BCUT2D eigenvalue weighted by Crippen LogP contribution is -2.11. The van der Waals surface area contributed by atoms with Crippen LogP contribution in [-0.4, -0.2) is 16.1 Å². The van der Waals surface area contributed by atoms with Crippen molar-refractivity contribution in [3.05, 3.63) is 33.1 Å². The first-order valence-corrected chi connectivity index (χ1v) is 6.72. The molecule has 0 unspecified atom stereocenters. The monoisotopic (exact) mass is 287 g/mol. The van der Waals surface area contributed by atoms with Gasteiger partial charge in [-0.25, -0.2) is 0 Å². The molecule has 2 rings (SSSR count). The zero-order valence-electron chi connectivity index (χ0n) is 9.20. The Morgan fingerprint density at radius 3 is 2.88 bits per heavy atom. The highest BCUT2D eigenvalue weighted by atomic mass is 35.5. The Bertz CT molecular complexity index is 513. The molecule has 0 spiro atoms. The molecule has 0 radical (unpaired) electrons. The first-order valence-electron chi connectivity index (χ1n) is 5.19. The summed E-state index contributed by atoms with van der Waals surface area (Å²) in [6.07, 6.45) is 0. The fourth-order valence-electron chi connectivity index (χ4n) is 1.45. The normalized spacial score (nSPS) is 10.8. The zero-order valence-corrected chi connectivity index (χ0v) is 11.5. The van der Waals surface area contributed by atoms with Crippen LogP contribution in [-0.2, 0) is 6.54 Å². The van der Waals surface area contributed by atoms with Crippen molar-refractivity contribution in [2.45, 2.75) is 13.5 Å². The van der Waals surface area contributed by atoms with Gasteiger partial charge in [-0.3, -0.25) is 0 Å². The van der Waals surface area contributed by atoms with E-state index in [0.29, 0.717) is 10.0 Å². The van der Waals surface area contributed by atoms with Gasteiger partial charge in [0.15, 0.2) is 0 Å². The van der Waals surface area contributed by atoms with Gasteiger partial charge in [0.1, 0.15) is 5.69 Å². The van der Waals surface area contributed by atoms with Crippen molar-refractivity contribution in [2.24, 2.45) is 0 Å². The Morgan fingerprint density at radius 2 is 2.18 bits per heavy atom. The summed E-state index contributed by atoms with van der Waals surface area (Å²) < 4.78 is 3.97. The van der Waals surface area contributed by atoms with E-state index in [1.54, 1.807) is 12.1 Å². The lowest BCUT2D eigenvalue weighted by molar-refractivity contribution is 0.735. The van der Waals surface area contributed by atoms with Gasteiger partial charge in [-0.15, -0.1) is 5.10 Å². The summed E-state index contributed by atoms with van der Waals surface area (Å²) in [6.45, 7) is 3.72. The van der Waals surface area contributed by atoms with Crippen molar-refractivity contribution in [1.82, 2.24) is 14.9 Å². The summed E-state index contributed by atoms with van der Waals surface area (Å²) in [5, 5.41) is 8.60. The number of nitrogens with one attached hydrogen (secondary N) is 1. The van der Waals surface area contributed by atoms with Crippen LogP contribution in [0.25, 0.3) is 11.3 Å². The van der Waals surface area contributed by atoms with Crippen LogP contribution in [0, 0.1) is 0 Å². The Hall–Kier alpha value is -0.680. The third-order valence-corrected chi connectivity index (χ3v) is 3.55. The molecule has 2 aromatic rings. The molecule has 0 amide bonds. The van der Waals surface area contributed by atoms with E-state index in [-0.39, 0.29) is 0 Å². The van der Waals surface area contributed by atoms with Crippen molar-refractivity contribution in [3.63, 3.8) is 0 Å². The highest BCUT2D eigenvalue weighted by Gasteiger charge is 2.13. The molecule has 0 saturated carbocycles. The molecule has 3 nitrogen and oxygen atoms in total. The van der Waals surface area contributed by atoms with E-state index in [2.05, 4.69) is 21.8 Å². The molecular formula is C11H11Cl2N3S. The molecule has 0 fully saturated rings. The predicted octanol–water partition coefficient (Wildman–Crippen LogP) is 3.62. The van der Waals surface area contributed by atoms with Gasteiger partial charge in [0, 0.05) is 17.1 Å². The van der Waals surface area contributed by atoms with Crippen molar-refractivity contribution in [2.75, 3.05) is 6.54 Å². The van der Waals surface area contributed by atoms with E-state index >= 15 is 0 Å². The number of rotatable bonds is 4. The first-order chi connectivity index (χ1) is 8.22. The zero-order chi connectivity index (χ0) is 12.3. The average molecular weight is 288 g/mol. The SMILES string of the molecule is CCNCc1snnc1-c1ccc(Cl)cc1Cl. The molecular weight excluding hydrogens is 277 g/mol. The molecule has 1 aromatic heterocycles. The molecule has 6 heteroatoms. The van der Waals surface area contributed by atoms with Crippen LogP contribution >= 0.6 is 34.7 Å². The molecule has 0 atom stereocenters. The van der Waals surface area contributed by atoms with Gasteiger partial charge in [-0.2, -0.15) is 0 Å². The fourth-order valence-corrected chi connectivity index (χ4v) is 2.57.